The molecule has 1 aromatic rings. The average Bonchev–Trinajstić information content (AvgIpc) is 3.23. The Morgan fingerprint density at radius 2 is 2.15 bits per heavy atom. The van der Waals surface area contributed by atoms with Crippen LogP contribution in [0.1, 0.15) is 61.8 Å². The minimum absolute atomic E-state index is 0.0701. The zero-order valence-corrected chi connectivity index (χ0v) is 16.1. The summed E-state index contributed by atoms with van der Waals surface area (Å²) in [7, 11) is 0. The monoisotopic (exact) mass is 367 g/mol. The number of nitrogens with zero attached hydrogens (tertiary/aromatic N) is 1. The van der Waals surface area contributed by atoms with E-state index in [0.29, 0.717) is 6.54 Å². The average molecular weight is 367 g/mol. The Hall–Kier alpha value is -2.32. The molecule has 2 unspecified atom stereocenters. The van der Waals surface area contributed by atoms with Gasteiger partial charge in [0.1, 0.15) is 11.6 Å². The van der Waals surface area contributed by atoms with E-state index in [1.807, 2.05) is 6.07 Å². The topological polar surface area (TPSA) is 74.2 Å². The molecule has 0 saturated carbocycles. The highest BCUT2D eigenvalue weighted by molar-refractivity contribution is 5.97. The SMILES string of the molecule is CCC(N/C=C(/C#N)C(=O)NCC1CCCO1)c1ccc2c(c1)CCCC2. The second kappa shape index (κ2) is 9.57. The van der Waals surface area contributed by atoms with Crippen molar-refractivity contribution in [3.8, 4) is 6.07 Å². The number of nitriles is 1. The van der Waals surface area contributed by atoms with Crippen LogP contribution in [0, 0.1) is 11.3 Å². The first-order valence-electron chi connectivity index (χ1n) is 10.1. The first kappa shape index (κ1) is 19.4. The number of ether oxygens (including phenoxy) is 1. The predicted molar refractivity (Wildman–Crippen MR) is 105 cm³/mol. The van der Waals surface area contributed by atoms with Gasteiger partial charge in [-0.25, -0.2) is 0 Å². The number of hydrogen-bond donors (Lipinski definition) is 2. The fraction of sp³-hybridized carbons (Fsp3) is 0.545. The maximum absolute atomic E-state index is 12.3. The van der Waals surface area contributed by atoms with Gasteiger partial charge in [-0.3, -0.25) is 4.79 Å². The molecule has 27 heavy (non-hydrogen) atoms. The Morgan fingerprint density at radius 1 is 1.33 bits per heavy atom. The van der Waals surface area contributed by atoms with Crippen LogP contribution in [0.25, 0.3) is 0 Å². The highest BCUT2D eigenvalue weighted by Crippen LogP contribution is 2.26. The molecule has 2 atom stereocenters. The van der Waals surface area contributed by atoms with Crippen LogP contribution in [0.5, 0.6) is 0 Å². The number of rotatable bonds is 7. The molecule has 0 spiro atoms. The third-order valence-corrected chi connectivity index (χ3v) is 5.49. The number of fused-ring (bicyclic) bond motifs is 1. The summed E-state index contributed by atoms with van der Waals surface area (Å²) in [6.07, 6.45) is 9.34. The number of aryl methyl sites for hydroxylation is 2. The van der Waals surface area contributed by atoms with Gasteiger partial charge in [0.15, 0.2) is 0 Å². The molecule has 1 heterocycles. The first-order chi connectivity index (χ1) is 13.2. The number of carbonyl (C=O) groups is 1. The molecule has 1 saturated heterocycles. The molecule has 0 bridgehead atoms. The molecule has 1 aromatic carbocycles. The second-order valence-electron chi connectivity index (χ2n) is 7.38. The van der Waals surface area contributed by atoms with E-state index in [4.69, 9.17) is 4.74 Å². The minimum Gasteiger partial charge on any atom is -0.383 e. The van der Waals surface area contributed by atoms with Crippen LogP contribution in [0.4, 0.5) is 0 Å². The molecule has 2 aliphatic rings. The van der Waals surface area contributed by atoms with Crippen molar-refractivity contribution in [1.82, 2.24) is 10.6 Å². The maximum atomic E-state index is 12.3. The van der Waals surface area contributed by atoms with Crippen LogP contribution in [0.2, 0.25) is 0 Å². The van der Waals surface area contributed by atoms with E-state index in [2.05, 4.69) is 35.8 Å². The molecule has 2 N–H and O–H groups in total. The predicted octanol–water partition coefficient (Wildman–Crippen LogP) is 3.31. The molecule has 1 fully saturated rings. The first-order valence-corrected chi connectivity index (χ1v) is 10.1. The molecular formula is C22H29N3O2. The lowest BCUT2D eigenvalue weighted by Crippen LogP contribution is -2.33. The largest absolute Gasteiger partial charge is 0.383 e. The Bertz CT molecular complexity index is 730. The summed E-state index contributed by atoms with van der Waals surface area (Å²) in [4.78, 5) is 12.3. The van der Waals surface area contributed by atoms with Crippen LogP contribution >= 0.6 is 0 Å². The summed E-state index contributed by atoms with van der Waals surface area (Å²) in [5.41, 5.74) is 4.22. The maximum Gasteiger partial charge on any atom is 0.263 e. The van der Waals surface area contributed by atoms with Gasteiger partial charge in [-0.1, -0.05) is 25.1 Å². The van der Waals surface area contributed by atoms with Crippen molar-refractivity contribution >= 4 is 5.91 Å². The summed E-state index contributed by atoms with van der Waals surface area (Å²) in [5, 5.41) is 15.4. The van der Waals surface area contributed by atoms with E-state index in [-0.39, 0.29) is 23.6 Å². The number of nitrogens with one attached hydrogen (secondary N) is 2. The fourth-order valence-electron chi connectivity index (χ4n) is 3.86. The number of amides is 1. The van der Waals surface area contributed by atoms with Crippen molar-refractivity contribution in [1.29, 1.82) is 5.26 Å². The number of carbonyl (C=O) groups excluding carboxylic acids is 1. The fourth-order valence-corrected chi connectivity index (χ4v) is 3.86. The van der Waals surface area contributed by atoms with Crippen molar-refractivity contribution in [2.75, 3.05) is 13.2 Å². The Kier molecular flexibility index (Phi) is 6.89. The minimum atomic E-state index is -0.346. The van der Waals surface area contributed by atoms with Crippen LogP contribution in [-0.2, 0) is 22.4 Å². The van der Waals surface area contributed by atoms with Crippen molar-refractivity contribution in [2.45, 2.75) is 64.0 Å². The normalized spacial score (nSPS) is 20.4. The summed E-state index contributed by atoms with van der Waals surface area (Å²) >= 11 is 0. The number of hydrogen-bond acceptors (Lipinski definition) is 4. The highest BCUT2D eigenvalue weighted by Gasteiger charge is 2.18. The highest BCUT2D eigenvalue weighted by atomic mass is 16.5. The molecule has 1 aliphatic heterocycles. The third kappa shape index (κ3) is 5.11. The quantitative estimate of drug-likeness (QED) is 0.573. The van der Waals surface area contributed by atoms with E-state index >= 15 is 0 Å². The van der Waals surface area contributed by atoms with E-state index in [9.17, 15) is 10.1 Å². The van der Waals surface area contributed by atoms with Crippen molar-refractivity contribution in [2.24, 2.45) is 0 Å². The lowest BCUT2D eigenvalue weighted by atomic mass is 9.89. The zero-order chi connectivity index (χ0) is 19.1. The Morgan fingerprint density at radius 3 is 2.85 bits per heavy atom. The summed E-state index contributed by atoms with van der Waals surface area (Å²) in [6, 6.07) is 8.78. The van der Waals surface area contributed by atoms with Crippen LogP contribution < -0.4 is 10.6 Å². The van der Waals surface area contributed by atoms with Gasteiger partial charge in [0.05, 0.1) is 12.1 Å². The third-order valence-electron chi connectivity index (χ3n) is 5.49. The van der Waals surface area contributed by atoms with Gasteiger partial charge < -0.3 is 15.4 Å². The van der Waals surface area contributed by atoms with E-state index < -0.39 is 0 Å². The van der Waals surface area contributed by atoms with Gasteiger partial charge in [0, 0.05) is 19.4 Å². The second-order valence-corrected chi connectivity index (χ2v) is 7.38. The molecule has 3 rings (SSSR count). The molecule has 5 heteroatoms. The van der Waals surface area contributed by atoms with Gasteiger partial charge in [-0.05, 0) is 61.6 Å². The van der Waals surface area contributed by atoms with Gasteiger partial charge in [0.25, 0.3) is 5.91 Å². The molecule has 1 amide bonds. The summed E-state index contributed by atoms with van der Waals surface area (Å²) in [5.74, 6) is -0.346. The van der Waals surface area contributed by atoms with Crippen molar-refractivity contribution in [3.63, 3.8) is 0 Å². The van der Waals surface area contributed by atoms with E-state index in [0.717, 1.165) is 32.3 Å². The van der Waals surface area contributed by atoms with Gasteiger partial charge in [-0.2, -0.15) is 5.26 Å². The molecule has 5 nitrogen and oxygen atoms in total. The lowest BCUT2D eigenvalue weighted by Gasteiger charge is -2.21. The Balaban J connectivity index is 1.62. The van der Waals surface area contributed by atoms with Gasteiger partial charge >= 0.3 is 0 Å². The molecule has 0 aromatic heterocycles. The standard InChI is InChI=1S/C22H29N3O2/c1-2-21(18-10-9-16-6-3-4-7-17(16)12-18)24-14-19(13-23)22(26)25-15-20-8-5-11-27-20/h9-10,12,14,20-21,24H,2-8,11,15H2,1H3,(H,25,26)/b19-14-. The van der Waals surface area contributed by atoms with Crippen LogP contribution in [0.15, 0.2) is 30.0 Å². The molecule has 144 valence electrons. The smallest absolute Gasteiger partial charge is 0.263 e. The lowest BCUT2D eigenvalue weighted by molar-refractivity contribution is -0.117. The van der Waals surface area contributed by atoms with Gasteiger partial charge in [-0.15, -0.1) is 0 Å². The zero-order valence-electron chi connectivity index (χ0n) is 16.1. The Labute approximate surface area is 161 Å². The number of benzene rings is 1. The molecule has 0 radical (unpaired) electrons. The van der Waals surface area contributed by atoms with Crippen molar-refractivity contribution < 1.29 is 9.53 Å². The van der Waals surface area contributed by atoms with E-state index in [1.54, 1.807) is 6.20 Å². The van der Waals surface area contributed by atoms with Crippen LogP contribution in [-0.4, -0.2) is 25.2 Å². The summed E-state index contributed by atoms with van der Waals surface area (Å²) in [6.45, 7) is 3.32. The van der Waals surface area contributed by atoms with E-state index in [1.165, 1.54) is 36.0 Å². The van der Waals surface area contributed by atoms with Crippen LogP contribution in [0.3, 0.4) is 0 Å². The molecule has 1 aliphatic carbocycles. The molecular weight excluding hydrogens is 338 g/mol. The summed E-state index contributed by atoms with van der Waals surface area (Å²) < 4.78 is 5.50. The van der Waals surface area contributed by atoms with Crippen molar-refractivity contribution in [3.05, 3.63) is 46.7 Å². The van der Waals surface area contributed by atoms with Gasteiger partial charge in [0.2, 0.25) is 0 Å².